The number of hydrogen-bond acceptors (Lipinski definition) is 6. The SMILES string of the molecule is Cn1cncc1C(=O)NC1CCN(c2nccc(C#N)n2)CC1. The Hall–Kier alpha value is -2.95. The number of nitriles is 1. The van der Waals surface area contributed by atoms with Crippen molar-refractivity contribution in [3.63, 3.8) is 0 Å². The second-order valence-electron chi connectivity index (χ2n) is 5.48. The number of carbonyl (C=O) groups is 1. The molecule has 1 N–H and O–H groups in total. The van der Waals surface area contributed by atoms with Gasteiger partial charge in [0.25, 0.3) is 5.91 Å². The van der Waals surface area contributed by atoms with E-state index in [-0.39, 0.29) is 11.9 Å². The second-order valence-corrected chi connectivity index (χ2v) is 5.48. The van der Waals surface area contributed by atoms with Gasteiger partial charge in [-0.2, -0.15) is 5.26 Å². The number of aromatic nitrogens is 4. The third-order valence-electron chi connectivity index (χ3n) is 3.92. The van der Waals surface area contributed by atoms with Crippen molar-refractivity contribution >= 4 is 11.9 Å². The fourth-order valence-electron chi connectivity index (χ4n) is 2.62. The second kappa shape index (κ2) is 6.44. The van der Waals surface area contributed by atoms with Crippen molar-refractivity contribution in [2.45, 2.75) is 18.9 Å². The molecule has 0 aliphatic carbocycles. The molecular weight excluding hydrogens is 294 g/mol. The molecule has 0 atom stereocenters. The van der Waals surface area contributed by atoms with Gasteiger partial charge in [-0.05, 0) is 18.9 Å². The van der Waals surface area contributed by atoms with Crippen molar-refractivity contribution in [3.8, 4) is 6.07 Å². The van der Waals surface area contributed by atoms with E-state index in [0.29, 0.717) is 17.3 Å². The molecule has 1 amide bonds. The van der Waals surface area contributed by atoms with Crippen molar-refractivity contribution in [2.24, 2.45) is 7.05 Å². The number of imidazole rings is 1. The van der Waals surface area contributed by atoms with Gasteiger partial charge in [0.1, 0.15) is 17.5 Å². The Morgan fingerprint density at radius 2 is 2.22 bits per heavy atom. The number of anilines is 1. The lowest BCUT2D eigenvalue weighted by Crippen LogP contribution is -2.45. The van der Waals surface area contributed by atoms with Crippen LogP contribution >= 0.6 is 0 Å². The summed E-state index contributed by atoms with van der Waals surface area (Å²) in [6.07, 6.45) is 6.38. The number of amides is 1. The lowest BCUT2D eigenvalue weighted by Gasteiger charge is -2.32. The summed E-state index contributed by atoms with van der Waals surface area (Å²) in [5, 5.41) is 11.9. The minimum atomic E-state index is -0.105. The Morgan fingerprint density at radius 1 is 1.43 bits per heavy atom. The summed E-state index contributed by atoms with van der Waals surface area (Å²) in [6, 6.07) is 3.73. The summed E-state index contributed by atoms with van der Waals surface area (Å²) in [4.78, 5) is 26.6. The maximum atomic E-state index is 12.2. The van der Waals surface area contributed by atoms with E-state index in [9.17, 15) is 4.79 Å². The van der Waals surface area contributed by atoms with E-state index in [1.165, 1.54) is 0 Å². The molecule has 118 valence electrons. The predicted octanol–water partition coefficient (Wildman–Crippen LogP) is 0.481. The third-order valence-corrected chi connectivity index (χ3v) is 3.92. The Morgan fingerprint density at radius 3 is 2.87 bits per heavy atom. The molecule has 2 aromatic heterocycles. The lowest BCUT2D eigenvalue weighted by atomic mass is 10.1. The number of aryl methyl sites for hydroxylation is 1. The van der Waals surface area contributed by atoms with E-state index < -0.39 is 0 Å². The van der Waals surface area contributed by atoms with Crippen molar-refractivity contribution in [2.75, 3.05) is 18.0 Å². The van der Waals surface area contributed by atoms with Crippen LogP contribution in [-0.4, -0.2) is 44.6 Å². The van der Waals surface area contributed by atoms with E-state index in [2.05, 4.69) is 20.3 Å². The van der Waals surface area contributed by atoms with Gasteiger partial charge in [0.05, 0.1) is 12.5 Å². The molecule has 3 heterocycles. The van der Waals surface area contributed by atoms with Crippen molar-refractivity contribution in [1.29, 1.82) is 5.26 Å². The molecule has 1 fully saturated rings. The average molecular weight is 311 g/mol. The molecule has 0 bridgehead atoms. The summed E-state index contributed by atoms with van der Waals surface area (Å²) >= 11 is 0. The Bertz CT molecular complexity index is 740. The fourth-order valence-corrected chi connectivity index (χ4v) is 2.62. The van der Waals surface area contributed by atoms with Gasteiger partial charge in [0.15, 0.2) is 0 Å². The summed E-state index contributed by atoms with van der Waals surface area (Å²) in [5.74, 6) is 0.464. The van der Waals surface area contributed by atoms with E-state index in [4.69, 9.17) is 5.26 Å². The van der Waals surface area contributed by atoms with Crippen LogP contribution in [0.4, 0.5) is 5.95 Å². The number of piperidine rings is 1. The zero-order valence-corrected chi connectivity index (χ0v) is 12.8. The predicted molar refractivity (Wildman–Crippen MR) is 82.7 cm³/mol. The summed E-state index contributed by atoms with van der Waals surface area (Å²) in [7, 11) is 1.80. The van der Waals surface area contributed by atoms with Crippen LogP contribution in [0.3, 0.4) is 0 Å². The maximum Gasteiger partial charge on any atom is 0.269 e. The highest BCUT2D eigenvalue weighted by molar-refractivity contribution is 5.92. The first-order chi connectivity index (χ1) is 11.2. The van der Waals surface area contributed by atoms with E-state index in [1.54, 1.807) is 36.4 Å². The van der Waals surface area contributed by atoms with Gasteiger partial charge in [-0.1, -0.05) is 0 Å². The first-order valence-corrected chi connectivity index (χ1v) is 7.42. The third kappa shape index (κ3) is 3.29. The Labute approximate surface area is 133 Å². The van der Waals surface area contributed by atoms with Crippen LogP contribution in [0.1, 0.15) is 29.0 Å². The molecule has 0 radical (unpaired) electrons. The fraction of sp³-hybridized carbons (Fsp3) is 0.400. The number of carbonyl (C=O) groups excluding carboxylic acids is 1. The molecule has 0 unspecified atom stereocenters. The van der Waals surface area contributed by atoms with Gasteiger partial charge in [-0.15, -0.1) is 0 Å². The van der Waals surface area contributed by atoms with Crippen LogP contribution in [0.25, 0.3) is 0 Å². The standard InChI is InChI=1S/C15H17N7O/c1-21-10-17-9-13(21)14(23)19-11-3-6-22(7-4-11)15-18-5-2-12(8-16)20-15/h2,5,9-11H,3-4,6-7H2,1H3,(H,19,23). The smallest absolute Gasteiger partial charge is 0.269 e. The number of hydrogen-bond donors (Lipinski definition) is 1. The van der Waals surface area contributed by atoms with Crippen molar-refractivity contribution in [3.05, 3.63) is 36.2 Å². The van der Waals surface area contributed by atoms with Gasteiger partial charge >= 0.3 is 0 Å². The zero-order chi connectivity index (χ0) is 16.2. The lowest BCUT2D eigenvalue weighted by molar-refractivity contribution is 0.0923. The molecule has 1 aliphatic heterocycles. The van der Waals surface area contributed by atoms with Gasteiger partial charge in [-0.25, -0.2) is 15.0 Å². The van der Waals surface area contributed by atoms with Crippen LogP contribution in [0.2, 0.25) is 0 Å². The topological polar surface area (TPSA) is 99.7 Å². The minimum absolute atomic E-state index is 0.105. The quantitative estimate of drug-likeness (QED) is 0.885. The molecule has 8 nitrogen and oxygen atoms in total. The highest BCUT2D eigenvalue weighted by Gasteiger charge is 2.23. The van der Waals surface area contributed by atoms with Gasteiger partial charge in [0, 0.05) is 32.4 Å². The highest BCUT2D eigenvalue weighted by atomic mass is 16.2. The Kier molecular flexibility index (Phi) is 4.19. The summed E-state index contributed by atoms with van der Waals surface area (Å²) < 4.78 is 1.70. The van der Waals surface area contributed by atoms with Crippen LogP contribution in [0.15, 0.2) is 24.8 Å². The molecule has 0 spiro atoms. The molecule has 0 aromatic carbocycles. The van der Waals surface area contributed by atoms with E-state index in [0.717, 1.165) is 25.9 Å². The number of rotatable bonds is 3. The average Bonchev–Trinajstić information content (AvgIpc) is 3.02. The van der Waals surface area contributed by atoms with Crippen molar-refractivity contribution in [1.82, 2.24) is 24.8 Å². The van der Waals surface area contributed by atoms with Crippen LogP contribution < -0.4 is 10.2 Å². The summed E-state index contributed by atoms with van der Waals surface area (Å²) in [6.45, 7) is 1.48. The van der Waals surface area contributed by atoms with Gasteiger partial charge < -0.3 is 14.8 Å². The monoisotopic (exact) mass is 311 g/mol. The zero-order valence-electron chi connectivity index (χ0n) is 12.8. The van der Waals surface area contributed by atoms with E-state index >= 15 is 0 Å². The van der Waals surface area contributed by atoms with Crippen molar-refractivity contribution < 1.29 is 4.79 Å². The molecule has 0 saturated carbocycles. The molecular formula is C15H17N7O. The van der Waals surface area contributed by atoms with E-state index in [1.807, 2.05) is 11.0 Å². The molecule has 23 heavy (non-hydrogen) atoms. The first-order valence-electron chi connectivity index (χ1n) is 7.42. The number of nitrogens with one attached hydrogen (secondary N) is 1. The highest BCUT2D eigenvalue weighted by Crippen LogP contribution is 2.16. The molecule has 1 aliphatic rings. The van der Waals surface area contributed by atoms with Gasteiger partial charge in [0.2, 0.25) is 5.95 Å². The minimum Gasteiger partial charge on any atom is -0.348 e. The maximum absolute atomic E-state index is 12.2. The largest absolute Gasteiger partial charge is 0.348 e. The molecule has 3 rings (SSSR count). The normalized spacial score (nSPS) is 15.2. The van der Waals surface area contributed by atoms with Crippen LogP contribution in [-0.2, 0) is 7.05 Å². The Balaban J connectivity index is 1.57. The van der Waals surface area contributed by atoms with Gasteiger partial charge in [-0.3, -0.25) is 4.79 Å². The molecule has 1 saturated heterocycles. The number of nitrogens with zero attached hydrogens (tertiary/aromatic N) is 6. The summed E-state index contributed by atoms with van der Waals surface area (Å²) in [5.41, 5.74) is 0.916. The molecule has 8 heteroatoms. The van der Waals surface area contributed by atoms with Crippen LogP contribution in [0, 0.1) is 11.3 Å². The van der Waals surface area contributed by atoms with Crippen LogP contribution in [0.5, 0.6) is 0 Å². The molecule has 2 aromatic rings. The first kappa shape index (κ1) is 15.0.